The maximum absolute atomic E-state index is 5.72. The van der Waals surface area contributed by atoms with E-state index in [4.69, 9.17) is 5.84 Å². The fourth-order valence-corrected chi connectivity index (χ4v) is 4.02. The van der Waals surface area contributed by atoms with Gasteiger partial charge in [-0.1, -0.05) is 39.0 Å². The van der Waals surface area contributed by atoms with Gasteiger partial charge in [0.05, 0.1) is 0 Å². The van der Waals surface area contributed by atoms with E-state index in [1.54, 1.807) is 0 Å². The molecule has 1 fully saturated rings. The van der Waals surface area contributed by atoms with Crippen molar-refractivity contribution in [3.05, 3.63) is 0 Å². The van der Waals surface area contributed by atoms with Gasteiger partial charge in [-0.15, -0.1) is 0 Å². The number of hydrazine groups is 1. The van der Waals surface area contributed by atoms with Crippen LogP contribution in [0.1, 0.15) is 65.2 Å². The van der Waals surface area contributed by atoms with Gasteiger partial charge in [-0.2, -0.15) is 11.8 Å². The Balaban J connectivity index is 2.21. The minimum atomic E-state index is 0.388. The van der Waals surface area contributed by atoms with Crippen LogP contribution in [0, 0.1) is 0 Å². The quantitative estimate of drug-likeness (QED) is 0.390. The highest BCUT2D eigenvalue weighted by Crippen LogP contribution is 2.41. The van der Waals surface area contributed by atoms with Crippen molar-refractivity contribution in [1.82, 2.24) is 5.43 Å². The lowest BCUT2D eigenvalue weighted by molar-refractivity contribution is 0.373. The molecule has 1 aliphatic heterocycles. The van der Waals surface area contributed by atoms with Crippen molar-refractivity contribution in [3.8, 4) is 0 Å². The molecule has 3 N–H and O–H groups in total. The van der Waals surface area contributed by atoms with Gasteiger partial charge in [0.25, 0.3) is 0 Å². The molecular weight excluding hydrogens is 216 g/mol. The highest BCUT2D eigenvalue weighted by molar-refractivity contribution is 8.00. The van der Waals surface area contributed by atoms with Crippen LogP contribution in [0.5, 0.6) is 0 Å². The molecule has 0 aliphatic carbocycles. The summed E-state index contributed by atoms with van der Waals surface area (Å²) >= 11 is 2.10. The summed E-state index contributed by atoms with van der Waals surface area (Å²) in [6, 6.07) is 0.502. The van der Waals surface area contributed by atoms with Gasteiger partial charge >= 0.3 is 0 Å². The predicted molar refractivity (Wildman–Crippen MR) is 74.6 cm³/mol. The van der Waals surface area contributed by atoms with Crippen LogP contribution in [-0.2, 0) is 0 Å². The second-order valence-electron chi connectivity index (χ2n) is 5.19. The summed E-state index contributed by atoms with van der Waals surface area (Å²) in [5, 5.41) is 0. The Morgan fingerprint density at radius 3 is 2.62 bits per heavy atom. The van der Waals surface area contributed by atoms with E-state index in [1.807, 2.05) is 0 Å². The van der Waals surface area contributed by atoms with E-state index < -0.39 is 0 Å². The molecule has 1 heterocycles. The Hall–Kier alpha value is 0.270. The van der Waals surface area contributed by atoms with Crippen molar-refractivity contribution in [3.63, 3.8) is 0 Å². The monoisotopic (exact) mass is 244 g/mol. The van der Waals surface area contributed by atoms with Crippen molar-refractivity contribution in [2.45, 2.75) is 76.0 Å². The van der Waals surface area contributed by atoms with Crippen LogP contribution in [0.3, 0.4) is 0 Å². The highest BCUT2D eigenvalue weighted by Gasteiger charge is 2.36. The Labute approximate surface area is 105 Å². The number of hydrogen-bond acceptors (Lipinski definition) is 3. The zero-order chi connectivity index (χ0) is 11.9. The molecule has 0 aromatic carbocycles. The zero-order valence-electron chi connectivity index (χ0n) is 10.9. The molecule has 1 aliphatic rings. The van der Waals surface area contributed by atoms with E-state index in [-0.39, 0.29) is 0 Å². The molecule has 0 bridgehead atoms. The molecule has 3 heteroatoms. The molecule has 0 spiro atoms. The molecule has 0 radical (unpaired) electrons. The van der Waals surface area contributed by atoms with Crippen LogP contribution >= 0.6 is 11.8 Å². The molecular formula is C13H28N2S. The number of thioether (sulfide) groups is 1. The molecule has 0 aromatic heterocycles. The van der Waals surface area contributed by atoms with Crippen LogP contribution in [0.2, 0.25) is 0 Å². The van der Waals surface area contributed by atoms with Crippen LogP contribution in [0.15, 0.2) is 0 Å². The molecule has 0 aromatic rings. The Morgan fingerprint density at radius 1 is 1.31 bits per heavy atom. The third-order valence-electron chi connectivity index (χ3n) is 3.78. The summed E-state index contributed by atoms with van der Waals surface area (Å²) < 4.78 is 0.388. The molecule has 96 valence electrons. The molecule has 1 saturated heterocycles. The fraction of sp³-hybridized carbons (Fsp3) is 1.00. The van der Waals surface area contributed by atoms with E-state index in [0.29, 0.717) is 10.8 Å². The molecule has 2 nitrogen and oxygen atoms in total. The minimum absolute atomic E-state index is 0.388. The minimum Gasteiger partial charge on any atom is -0.271 e. The zero-order valence-corrected chi connectivity index (χ0v) is 11.7. The maximum Gasteiger partial charge on any atom is 0.0354 e. The van der Waals surface area contributed by atoms with Crippen molar-refractivity contribution in [2.75, 3.05) is 5.75 Å². The summed E-state index contributed by atoms with van der Waals surface area (Å²) in [5.41, 5.74) is 3.05. The van der Waals surface area contributed by atoms with E-state index in [0.717, 1.165) is 0 Å². The topological polar surface area (TPSA) is 38.0 Å². The molecule has 16 heavy (non-hydrogen) atoms. The number of rotatable bonds is 8. The summed E-state index contributed by atoms with van der Waals surface area (Å²) in [6.45, 7) is 4.64. The van der Waals surface area contributed by atoms with Crippen LogP contribution in [0.4, 0.5) is 0 Å². The third kappa shape index (κ3) is 4.27. The van der Waals surface area contributed by atoms with Crippen molar-refractivity contribution >= 4 is 11.8 Å². The van der Waals surface area contributed by atoms with Gasteiger partial charge in [-0.05, 0) is 31.9 Å². The van der Waals surface area contributed by atoms with Gasteiger partial charge in [0.15, 0.2) is 0 Å². The van der Waals surface area contributed by atoms with Crippen LogP contribution in [-0.4, -0.2) is 16.5 Å². The average molecular weight is 244 g/mol. The third-order valence-corrected chi connectivity index (χ3v) is 5.42. The van der Waals surface area contributed by atoms with Crippen molar-refractivity contribution in [1.29, 1.82) is 0 Å². The van der Waals surface area contributed by atoms with Gasteiger partial charge in [0, 0.05) is 10.8 Å². The first kappa shape index (κ1) is 14.3. The first-order valence-corrected chi connectivity index (χ1v) is 7.81. The fourth-order valence-electron chi connectivity index (χ4n) is 2.59. The lowest BCUT2D eigenvalue weighted by atomic mass is 9.92. The van der Waals surface area contributed by atoms with Gasteiger partial charge in [-0.25, -0.2) is 0 Å². The normalized spacial score (nSPS) is 27.2. The Kier molecular flexibility index (Phi) is 6.78. The summed E-state index contributed by atoms with van der Waals surface area (Å²) in [6.07, 6.45) is 10.7. The van der Waals surface area contributed by atoms with E-state index in [9.17, 15) is 0 Å². The van der Waals surface area contributed by atoms with Gasteiger partial charge < -0.3 is 0 Å². The Bertz CT molecular complexity index is 179. The molecule has 2 unspecified atom stereocenters. The standard InChI is InChI=1S/C13H28N2S/c1-3-4-5-6-7-9-12(15-14)13(2)10-8-11-16-13/h12,15H,3-11,14H2,1-2H3. The second kappa shape index (κ2) is 7.57. The molecule has 0 amide bonds. The first-order chi connectivity index (χ1) is 7.73. The molecule has 2 atom stereocenters. The highest BCUT2D eigenvalue weighted by atomic mass is 32.2. The molecule has 0 saturated carbocycles. The number of nitrogens with one attached hydrogen (secondary N) is 1. The number of nitrogens with two attached hydrogens (primary N) is 1. The SMILES string of the molecule is CCCCCCCC(NN)C1(C)CCCS1. The summed E-state index contributed by atoms with van der Waals surface area (Å²) in [4.78, 5) is 0. The number of unbranched alkanes of at least 4 members (excludes halogenated alkanes) is 4. The van der Waals surface area contributed by atoms with Crippen LogP contribution in [0.25, 0.3) is 0 Å². The average Bonchev–Trinajstić information content (AvgIpc) is 2.71. The first-order valence-electron chi connectivity index (χ1n) is 6.83. The van der Waals surface area contributed by atoms with Crippen LogP contribution < -0.4 is 11.3 Å². The lowest BCUT2D eigenvalue weighted by Gasteiger charge is -2.32. The van der Waals surface area contributed by atoms with Crippen molar-refractivity contribution in [2.24, 2.45) is 5.84 Å². The maximum atomic E-state index is 5.72. The van der Waals surface area contributed by atoms with Gasteiger partial charge in [-0.3, -0.25) is 11.3 Å². The smallest absolute Gasteiger partial charge is 0.0354 e. The van der Waals surface area contributed by atoms with E-state index in [1.165, 1.54) is 57.1 Å². The predicted octanol–water partition coefficient (Wildman–Crippen LogP) is 3.46. The summed E-state index contributed by atoms with van der Waals surface area (Å²) in [5.74, 6) is 7.03. The Morgan fingerprint density at radius 2 is 2.06 bits per heavy atom. The van der Waals surface area contributed by atoms with E-state index in [2.05, 4.69) is 31.0 Å². The largest absolute Gasteiger partial charge is 0.271 e. The number of hydrogen-bond donors (Lipinski definition) is 2. The van der Waals surface area contributed by atoms with Crippen molar-refractivity contribution < 1.29 is 0 Å². The summed E-state index contributed by atoms with van der Waals surface area (Å²) in [7, 11) is 0. The lowest BCUT2D eigenvalue weighted by Crippen LogP contribution is -2.48. The second-order valence-corrected chi connectivity index (χ2v) is 6.82. The van der Waals surface area contributed by atoms with Gasteiger partial charge in [0.2, 0.25) is 0 Å². The van der Waals surface area contributed by atoms with Gasteiger partial charge in [0.1, 0.15) is 0 Å². The molecule has 1 rings (SSSR count). The van der Waals surface area contributed by atoms with E-state index >= 15 is 0 Å².